The third-order valence-corrected chi connectivity index (χ3v) is 1.65. The lowest BCUT2D eigenvalue weighted by atomic mass is 10.1. The number of halogens is 1. The van der Waals surface area contributed by atoms with Gasteiger partial charge in [-0.15, -0.1) is 0 Å². The molecule has 3 heteroatoms. The van der Waals surface area contributed by atoms with E-state index in [2.05, 4.69) is 0 Å². The van der Waals surface area contributed by atoms with Crippen LogP contribution in [0.25, 0.3) is 0 Å². The van der Waals surface area contributed by atoms with Crippen LogP contribution in [0.4, 0.5) is 4.39 Å². The summed E-state index contributed by atoms with van der Waals surface area (Å²) in [6.07, 6.45) is 0. The summed E-state index contributed by atoms with van der Waals surface area (Å²) in [5.41, 5.74) is 6.14. The molecule has 66 valence electrons. The third kappa shape index (κ3) is 2.03. The zero-order valence-electron chi connectivity index (χ0n) is 6.96. The second-order valence-corrected chi connectivity index (χ2v) is 2.58. The number of methoxy groups -OCH3 is 1. The van der Waals surface area contributed by atoms with E-state index in [4.69, 9.17) is 10.5 Å². The van der Waals surface area contributed by atoms with Gasteiger partial charge in [-0.2, -0.15) is 0 Å². The van der Waals surface area contributed by atoms with Crippen molar-refractivity contribution in [3.8, 4) is 0 Å². The molecule has 0 aliphatic carbocycles. The van der Waals surface area contributed by atoms with Gasteiger partial charge in [-0.25, -0.2) is 4.39 Å². The van der Waals surface area contributed by atoms with E-state index in [1.807, 2.05) is 0 Å². The highest BCUT2D eigenvalue weighted by Gasteiger charge is 2.09. The molecule has 0 amide bonds. The first kappa shape index (κ1) is 9.16. The fourth-order valence-electron chi connectivity index (χ4n) is 1.05. The van der Waals surface area contributed by atoms with E-state index in [-0.39, 0.29) is 11.9 Å². The Balaban J connectivity index is 2.79. The molecular formula is C9H12FNO. The molecule has 0 aliphatic heterocycles. The van der Waals surface area contributed by atoms with E-state index in [0.29, 0.717) is 12.2 Å². The minimum atomic E-state index is -0.379. The maximum Gasteiger partial charge on any atom is 0.128 e. The number of hydrogen-bond donors (Lipinski definition) is 1. The van der Waals surface area contributed by atoms with Gasteiger partial charge in [0.2, 0.25) is 0 Å². The van der Waals surface area contributed by atoms with Gasteiger partial charge in [-0.05, 0) is 6.07 Å². The Labute approximate surface area is 71.1 Å². The quantitative estimate of drug-likeness (QED) is 0.743. The highest BCUT2D eigenvalue weighted by molar-refractivity contribution is 5.20. The molecule has 2 N–H and O–H groups in total. The SMILES string of the molecule is COC[C@H](N)c1ccccc1F. The molecule has 0 fully saturated rings. The highest BCUT2D eigenvalue weighted by atomic mass is 19.1. The standard InChI is InChI=1S/C9H12FNO/c1-12-6-9(11)7-4-2-3-5-8(7)10/h2-5,9H,6,11H2,1H3/t9-/m0/s1. The summed E-state index contributed by atoms with van der Waals surface area (Å²) in [6.45, 7) is 0.334. The molecule has 0 aromatic heterocycles. The number of ether oxygens (including phenoxy) is 1. The fraction of sp³-hybridized carbons (Fsp3) is 0.333. The lowest BCUT2D eigenvalue weighted by Crippen LogP contribution is -2.17. The molecule has 0 bridgehead atoms. The summed E-state index contributed by atoms with van der Waals surface area (Å²) in [5, 5.41) is 0. The number of nitrogens with two attached hydrogens (primary N) is 1. The fourth-order valence-corrected chi connectivity index (χ4v) is 1.05. The molecule has 0 unspecified atom stereocenters. The van der Waals surface area contributed by atoms with Gasteiger partial charge in [0.15, 0.2) is 0 Å². The van der Waals surface area contributed by atoms with E-state index in [9.17, 15) is 4.39 Å². The van der Waals surface area contributed by atoms with Crippen LogP contribution < -0.4 is 5.73 Å². The van der Waals surface area contributed by atoms with Crippen LogP contribution in [-0.2, 0) is 4.74 Å². The van der Waals surface area contributed by atoms with Crippen molar-refractivity contribution in [2.24, 2.45) is 5.73 Å². The van der Waals surface area contributed by atoms with E-state index in [1.165, 1.54) is 6.07 Å². The van der Waals surface area contributed by atoms with Crippen LogP contribution in [0.15, 0.2) is 24.3 Å². The Morgan fingerprint density at radius 3 is 2.75 bits per heavy atom. The molecule has 1 aromatic rings. The summed E-state index contributed by atoms with van der Waals surface area (Å²) >= 11 is 0. The van der Waals surface area contributed by atoms with Crippen molar-refractivity contribution in [1.82, 2.24) is 0 Å². The van der Waals surface area contributed by atoms with Crippen molar-refractivity contribution >= 4 is 0 Å². The van der Waals surface area contributed by atoms with Crippen LogP contribution in [0.1, 0.15) is 11.6 Å². The molecule has 1 aromatic carbocycles. The average molecular weight is 169 g/mol. The predicted molar refractivity (Wildman–Crippen MR) is 45.2 cm³/mol. The lowest BCUT2D eigenvalue weighted by Gasteiger charge is -2.10. The van der Waals surface area contributed by atoms with Gasteiger partial charge in [-0.3, -0.25) is 0 Å². The Morgan fingerprint density at radius 1 is 1.50 bits per heavy atom. The van der Waals surface area contributed by atoms with Crippen LogP contribution in [0.2, 0.25) is 0 Å². The molecule has 0 saturated heterocycles. The zero-order chi connectivity index (χ0) is 8.97. The molecule has 0 saturated carbocycles. The summed E-state index contributed by atoms with van der Waals surface area (Å²) in [4.78, 5) is 0. The minimum Gasteiger partial charge on any atom is -0.383 e. The second kappa shape index (κ2) is 4.18. The molecule has 0 heterocycles. The summed E-state index contributed by atoms with van der Waals surface area (Å²) in [6, 6.07) is 6.08. The van der Waals surface area contributed by atoms with Crippen molar-refractivity contribution in [2.75, 3.05) is 13.7 Å². The lowest BCUT2D eigenvalue weighted by molar-refractivity contribution is 0.179. The monoisotopic (exact) mass is 169 g/mol. The van der Waals surface area contributed by atoms with Crippen molar-refractivity contribution in [3.05, 3.63) is 35.6 Å². The number of rotatable bonds is 3. The minimum absolute atomic E-state index is 0.276. The third-order valence-electron chi connectivity index (χ3n) is 1.65. The molecule has 2 nitrogen and oxygen atoms in total. The first-order valence-electron chi connectivity index (χ1n) is 3.74. The van der Waals surface area contributed by atoms with Crippen LogP contribution in [0.3, 0.4) is 0 Å². The first-order chi connectivity index (χ1) is 5.75. The topological polar surface area (TPSA) is 35.2 Å². The van der Waals surface area contributed by atoms with Gasteiger partial charge in [0.1, 0.15) is 5.82 Å². The normalized spacial score (nSPS) is 12.9. The van der Waals surface area contributed by atoms with Gasteiger partial charge in [-0.1, -0.05) is 18.2 Å². The molecule has 1 rings (SSSR count). The van der Waals surface area contributed by atoms with Gasteiger partial charge in [0.05, 0.1) is 12.6 Å². The number of hydrogen-bond acceptors (Lipinski definition) is 2. The van der Waals surface area contributed by atoms with Crippen molar-refractivity contribution in [3.63, 3.8) is 0 Å². The van der Waals surface area contributed by atoms with Crippen LogP contribution in [0, 0.1) is 5.82 Å². The highest BCUT2D eigenvalue weighted by Crippen LogP contribution is 2.13. The smallest absolute Gasteiger partial charge is 0.128 e. The Morgan fingerprint density at radius 2 is 2.17 bits per heavy atom. The second-order valence-electron chi connectivity index (χ2n) is 2.58. The molecule has 0 radical (unpaired) electrons. The first-order valence-corrected chi connectivity index (χ1v) is 3.74. The Kier molecular flexibility index (Phi) is 3.19. The van der Waals surface area contributed by atoms with Gasteiger partial charge < -0.3 is 10.5 Å². The largest absolute Gasteiger partial charge is 0.383 e. The summed E-state index contributed by atoms with van der Waals surface area (Å²) in [5.74, 6) is -0.276. The van der Waals surface area contributed by atoms with Crippen molar-refractivity contribution in [2.45, 2.75) is 6.04 Å². The average Bonchev–Trinajstić information content (AvgIpc) is 2.05. The van der Waals surface area contributed by atoms with Crippen molar-refractivity contribution < 1.29 is 9.13 Å². The van der Waals surface area contributed by atoms with Crippen LogP contribution >= 0.6 is 0 Å². The van der Waals surface area contributed by atoms with Gasteiger partial charge in [0.25, 0.3) is 0 Å². The molecule has 0 aliphatic rings. The maximum absolute atomic E-state index is 13.0. The molecular weight excluding hydrogens is 157 g/mol. The molecule has 12 heavy (non-hydrogen) atoms. The van der Waals surface area contributed by atoms with Crippen LogP contribution in [0.5, 0.6) is 0 Å². The summed E-state index contributed by atoms with van der Waals surface area (Å²) in [7, 11) is 1.54. The van der Waals surface area contributed by atoms with E-state index < -0.39 is 0 Å². The zero-order valence-corrected chi connectivity index (χ0v) is 6.96. The van der Waals surface area contributed by atoms with Crippen LogP contribution in [-0.4, -0.2) is 13.7 Å². The predicted octanol–water partition coefficient (Wildman–Crippen LogP) is 1.47. The molecule has 0 spiro atoms. The Hall–Kier alpha value is -0.930. The van der Waals surface area contributed by atoms with Gasteiger partial charge >= 0.3 is 0 Å². The Bertz CT molecular complexity index is 252. The van der Waals surface area contributed by atoms with Gasteiger partial charge in [0, 0.05) is 12.7 Å². The van der Waals surface area contributed by atoms with E-state index in [1.54, 1.807) is 25.3 Å². The maximum atomic E-state index is 13.0. The summed E-state index contributed by atoms with van der Waals surface area (Å²) < 4.78 is 17.8. The molecule has 1 atom stereocenters. The van der Waals surface area contributed by atoms with E-state index in [0.717, 1.165) is 0 Å². The van der Waals surface area contributed by atoms with E-state index >= 15 is 0 Å². The van der Waals surface area contributed by atoms with Crippen molar-refractivity contribution in [1.29, 1.82) is 0 Å². The number of benzene rings is 1.